The van der Waals surface area contributed by atoms with Gasteiger partial charge in [-0.3, -0.25) is 0 Å². The second-order valence-corrected chi connectivity index (χ2v) is 3.27. The molecule has 0 aromatic rings. The molecule has 0 aliphatic heterocycles. The van der Waals surface area contributed by atoms with Crippen molar-refractivity contribution in [3.63, 3.8) is 0 Å². The molecule has 0 fully saturated rings. The van der Waals surface area contributed by atoms with E-state index in [9.17, 15) is 0 Å². The van der Waals surface area contributed by atoms with Gasteiger partial charge < -0.3 is 0 Å². The molecule has 13 heavy (non-hydrogen) atoms. The molecular formula is C13H30. The predicted molar refractivity (Wildman–Crippen MR) is 68.3 cm³/mol. The Morgan fingerprint density at radius 1 is 0.846 bits per heavy atom. The molecule has 0 saturated carbocycles. The van der Waals surface area contributed by atoms with Crippen molar-refractivity contribution in [2.75, 3.05) is 0 Å². The van der Waals surface area contributed by atoms with Gasteiger partial charge in [0.25, 0.3) is 0 Å². The average molecular weight is 186 g/mol. The minimum atomic E-state index is 0. The van der Waals surface area contributed by atoms with E-state index in [1.165, 1.54) is 16.7 Å². The lowest BCUT2D eigenvalue weighted by molar-refractivity contribution is 1.11. The third kappa shape index (κ3) is 14.3. The first-order valence-electron chi connectivity index (χ1n) is 3.80. The van der Waals surface area contributed by atoms with Crippen LogP contribution in [-0.4, -0.2) is 0 Å². The van der Waals surface area contributed by atoms with Gasteiger partial charge in [0.05, 0.1) is 0 Å². The third-order valence-corrected chi connectivity index (χ3v) is 1.67. The summed E-state index contributed by atoms with van der Waals surface area (Å²) in [5, 5.41) is 0. The van der Waals surface area contributed by atoms with E-state index in [-0.39, 0.29) is 22.3 Å². The van der Waals surface area contributed by atoms with Gasteiger partial charge in [-0.2, -0.15) is 0 Å². The zero-order chi connectivity index (χ0) is 8.15. The largest absolute Gasteiger partial charge is 0.0818 e. The van der Waals surface area contributed by atoms with Crippen LogP contribution in [0.3, 0.4) is 0 Å². The number of rotatable bonds is 2. The molecule has 0 unspecified atom stereocenters. The molecule has 82 valence electrons. The highest BCUT2D eigenvalue weighted by atomic mass is 13.9. The minimum absolute atomic E-state index is 0. The maximum absolute atomic E-state index is 2.27. The second-order valence-electron chi connectivity index (χ2n) is 3.27. The molecule has 0 radical (unpaired) electrons. The average Bonchev–Trinajstić information content (AvgIpc) is 1.82. The summed E-state index contributed by atoms with van der Waals surface area (Å²) in [5.41, 5.74) is 4.33. The van der Waals surface area contributed by atoms with Crippen LogP contribution in [0.15, 0.2) is 22.8 Å². The summed E-state index contributed by atoms with van der Waals surface area (Å²) in [6.45, 7) is 10.8. The van der Waals surface area contributed by atoms with Gasteiger partial charge in [0.2, 0.25) is 0 Å². The smallest absolute Gasteiger partial charge is 0.0137 e. The third-order valence-electron chi connectivity index (χ3n) is 1.67. The van der Waals surface area contributed by atoms with E-state index >= 15 is 0 Å². The van der Waals surface area contributed by atoms with Gasteiger partial charge in [-0.25, -0.2) is 0 Å². The standard InChI is InChI=1S/C10H18.3CH4/c1-8(2)6-7-10(5)9(3)4;;;/h6H,7H2,1-5H3;3*1H4. The predicted octanol–water partition coefficient (Wildman–Crippen LogP) is 5.61. The first-order valence-corrected chi connectivity index (χ1v) is 3.80. The van der Waals surface area contributed by atoms with E-state index in [0.29, 0.717) is 0 Å². The summed E-state index contributed by atoms with van der Waals surface area (Å²) >= 11 is 0. The van der Waals surface area contributed by atoms with Crippen molar-refractivity contribution in [2.45, 2.75) is 63.3 Å². The molecule has 0 aliphatic carbocycles. The first kappa shape index (κ1) is 22.9. The van der Waals surface area contributed by atoms with Gasteiger partial charge in [-0.1, -0.05) is 45.1 Å². The Hall–Kier alpha value is -0.520. The first-order chi connectivity index (χ1) is 4.54. The number of allylic oxidation sites excluding steroid dienone is 4. The Bertz CT molecular complexity index is 151. The lowest BCUT2D eigenvalue weighted by Gasteiger charge is -1.98. The molecule has 0 spiro atoms. The fraction of sp³-hybridized carbons (Fsp3) is 0.692. The molecule has 0 amide bonds. The number of hydrogen-bond acceptors (Lipinski definition) is 0. The van der Waals surface area contributed by atoms with E-state index in [4.69, 9.17) is 0 Å². The molecule has 0 heterocycles. The maximum Gasteiger partial charge on any atom is -0.0137 e. The molecule has 0 N–H and O–H groups in total. The topological polar surface area (TPSA) is 0 Å². The summed E-state index contributed by atoms with van der Waals surface area (Å²) in [5.74, 6) is 0. The molecular weight excluding hydrogens is 156 g/mol. The van der Waals surface area contributed by atoms with E-state index in [0.717, 1.165) is 6.42 Å². The zero-order valence-electron chi connectivity index (χ0n) is 7.78. The van der Waals surface area contributed by atoms with Crippen molar-refractivity contribution >= 4 is 0 Å². The second kappa shape index (κ2) is 11.5. The van der Waals surface area contributed by atoms with Crippen LogP contribution in [0.4, 0.5) is 0 Å². The Kier molecular flexibility index (Phi) is 20.2. The molecule has 0 aromatic heterocycles. The van der Waals surface area contributed by atoms with Crippen LogP contribution in [0, 0.1) is 0 Å². The Labute approximate surface area is 86.8 Å². The molecule has 0 aliphatic rings. The van der Waals surface area contributed by atoms with Gasteiger partial charge in [0, 0.05) is 0 Å². The van der Waals surface area contributed by atoms with Crippen molar-refractivity contribution < 1.29 is 0 Å². The van der Waals surface area contributed by atoms with Crippen LogP contribution in [0.2, 0.25) is 0 Å². The van der Waals surface area contributed by atoms with Crippen LogP contribution >= 0.6 is 0 Å². The van der Waals surface area contributed by atoms with E-state index in [1.54, 1.807) is 0 Å². The highest BCUT2D eigenvalue weighted by molar-refractivity contribution is 5.12. The lowest BCUT2D eigenvalue weighted by atomic mass is 10.1. The lowest BCUT2D eigenvalue weighted by Crippen LogP contribution is -1.77. The molecule has 0 atom stereocenters. The highest BCUT2D eigenvalue weighted by Gasteiger charge is 1.87. The Balaban J connectivity index is -0.000000135. The fourth-order valence-corrected chi connectivity index (χ4v) is 0.561. The van der Waals surface area contributed by atoms with Crippen molar-refractivity contribution in [1.29, 1.82) is 0 Å². The van der Waals surface area contributed by atoms with Gasteiger partial charge in [-0.05, 0) is 41.0 Å². The van der Waals surface area contributed by atoms with Crippen LogP contribution < -0.4 is 0 Å². The molecule has 0 nitrogen and oxygen atoms in total. The van der Waals surface area contributed by atoms with E-state index in [1.807, 2.05) is 0 Å². The summed E-state index contributed by atoms with van der Waals surface area (Å²) < 4.78 is 0. The van der Waals surface area contributed by atoms with Crippen molar-refractivity contribution in [2.24, 2.45) is 0 Å². The van der Waals surface area contributed by atoms with E-state index < -0.39 is 0 Å². The highest BCUT2D eigenvalue weighted by Crippen LogP contribution is 2.08. The summed E-state index contributed by atoms with van der Waals surface area (Å²) in [4.78, 5) is 0. The summed E-state index contributed by atoms with van der Waals surface area (Å²) in [6, 6.07) is 0. The van der Waals surface area contributed by atoms with Crippen molar-refractivity contribution in [3.8, 4) is 0 Å². The van der Waals surface area contributed by atoms with Gasteiger partial charge >= 0.3 is 0 Å². The van der Waals surface area contributed by atoms with Crippen LogP contribution in [0.1, 0.15) is 63.3 Å². The van der Waals surface area contributed by atoms with Crippen LogP contribution in [0.25, 0.3) is 0 Å². The van der Waals surface area contributed by atoms with E-state index in [2.05, 4.69) is 40.7 Å². The van der Waals surface area contributed by atoms with Gasteiger partial charge in [-0.15, -0.1) is 0 Å². The molecule has 0 rings (SSSR count). The monoisotopic (exact) mass is 186 g/mol. The Morgan fingerprint density at radius 3 is 1.46 bits per heavy atom. The van der Waals surface area contributed by atoms with Gasteiger partial charge in [0.15, 0.2) is 0 Å². The number of hydrogen-bond donors (Lipinski definition) is 0. The minimum Gasteiger partial charge on any atom is -0.0818 e. The van der Waals surface area contributed by atoms with Crippen molar-refractivity contribution in [1.82, 2.24) is 0 Å². The maximum atomic E-state index is 2.27. The molecule has 0 bridgehead atoms. The van der Waals surface area contributed by atoms with Crippen LogP contribution in [-0.2, 0) is 0 Å². The molecule has 0 aromatic carbocycles. The van der Waals surface area contributed by atoms with Gasteiger partial charge in [0.1, 0.15) is 0 Å². The molecule has 0 heteroatoms. The van der Waals surface area contributed by atoms with Crippen LogP contribution in [0.5, 0.6) is 0 Å². The quantitative estimate of drug-likeness (QED) is 0.492. The Morgan fingerprint density at radius 2 is 1.23 bits per heavy atom. The summed E-state index contributed by atoms with van der Waals surface area (Å²) in [7, 11) is 0. The summed E-state index contributed by atoms with van der Waals surface area (Å²) in [6.07, 6.45) is 3.38. The SMILES string of the molecule is C.C.C.CC(C)=CCC(C)=C(C)C. The normalized spacial score (nSPS) is 6.85. The van der Waals surface area contributed by atoms with Crippen molar-refractivity contribution in [3.05, 3.63) is 22.8 Å². The zero-order valence-corrected chi connectivity index (χ0v) is 7.78. The molecule has 0 saturated heterocycles. The fourth-order valence-electron chi connectivity index (χ4n) is 0.561.